The highest BCUT2D eigenvalue weighted by Crippen LogP contribution is 2.21. The molecule has 0 aliphatic rings. The maximum Gasteiger partial charge on any atom is 0.332 e. The number of ether oxygens (including phenoxy) is 2. The fraction of sp³-hybridized carbons (Fsp3) is 0.974. The molecule has 1 N–H and O–H groups in total. The third kappa shape index (κ3) is 69.6. The van der Waals surface area contributed by atoms with Crippen LogP contribution in [-0.2, 0) is 19.1 Å². The Bertz CT molecular complexity index is 1170. The van der Waals surface area contributed by atoms with Crippen molar-refractivity contribution in [1.29, 1.82) is 0 Å². The molecular formula is C76H150O5. The fourth-order valence-electron chi connectivity index (χ4n) is 12.6. The molecule has 0 heterocycles. The maximum absolute atomic E-state index is 12.3. The predicted molar refractivity (Wildman–Crippen MR) is 358 cm³/mol. The molecule has 0 aliphatic heterocycles. The highest BCUT2D eigenvalue weighted by molar-refractivity contribution is 5.72. The molecule has 484 valence electrons. The molecule has 0 spiro atoms. The molecule has 0 saturated heterocycles. The van der Waals surface area contributed by atoms with Crippen molar-refractivity contribution >= 4 is 11.9 Å². The van der Waals surface area contributed by atoms with Gasteiger partial charge in [-0.2, -0.15) is 0 Å². The number of carbonyl (C=O) groups excluding carboxylic acids is 1. The maximum atomic E-state index is 12.3. The van der Waals surface area contributed by atoms with Crippen molar-refractivity contribution in [2.45, 2.75) is 470 Å². The van der Waals surface area contributed by atoms with Crippen molar-refractivity contribution in [2.75, 3.05) is 6.61 Å². The molecule has 0 aromatic heterocycles. The number of carboxylic acids is 1. The fourth-order valence-corrected chi connectivity index (χ4v) is 12.6. The molecular weight excluding hydrogens is 993 g/mol. The van der Waals surface area contributed by atoms with Crippen molar-refractivity contribution in [3.05, 3.63) is 0 Å². The number of rotatable bonds is 73. The van der Waals surface area contributed by atoms with Gasteiger partial charge in [-0.15, -0.1) is 0 Å². The van der Waals surface area contributed by atoms with Crippen LogP contribution in [0.1, 0.15) is 457 Å². The van der Waals surface area contributed by atoms with E-state index < -0.39 is 12.1 Å². The molecule has 0 aliphatic carbocycles. The Morgan fingerprint density at radius 1 is 0.272 bits per heavy atom. The third-order valence-corrected chi connectivity index (χ3v) is 18.2. The monoisotopic (exact) mass is 1140 g/mol. The summed E-state index contributed by atoms with van der Waals surface area (Å²) in [5.74, 6) is -0.755. The van der Waals surface area contributed by atoms with Gasteiger partial charge in [-0.25, -0.2) is 4.79 Å². The van der Waals surface area contributed by atoms with Gasteiger partial charge in [0.1, 0.15) is 0 Å². The Kier molecular flexibility index (Phi) is 70.4. The number of hydrogen-bond donors (Lipinski definition) is 1. The summed E-state index contributed by atoms with van der Waals surface area (Å²) in [6.07, 6.45) is 90.7. The third-order valence-electron chi connectivity index (χ3n) is 18.2. The van der Waals surface area contributed by atoms with Crippen molar-refractivity contribution in [1.82, 2.24) is 0 Å². The molecule has 0 aromatic carbocycles. The minimum Gasteiger partial charge on any atom is -0.479 e. The van der Waals surface area contributed by atoms with Crippen LogP contribution in [0.5, 0.6) is 0 Å². The lowest BCUT2D eigenvalue weighted by atomic mass is 10.0. The largest absolute Gasteiger partial charge is 0.479 e. The lowest BCUT2D eigenvalue weighted by Gasteiger charge is -2.13. The molecule has 0 radical (unpaired) electrons. The summed E-state index contributed by atoms with van der Waals surface area (Å²) < 4.78 is 11.5. The Labute approximate surface area is 509 Å². The zero-order valence-corrected chi connectivity index (χ0v) is 56.0. The first kappa shape index (κ1) is 79.9. The van der Waals surface area contributed by atoms with Crippen LogP contribution in [-0.4, -0.2) is 35.9 Å². The Balaban J connectivity index is 3.33. The molecule has 5 nitrogen and oxygen atoms in total. The van der Waals surface area contributed by atoms with E-state index in [0.717, 1.165) is 32.1 Å². The van der Waals surface area contributed by atoms with E-state index in [9.17, 15) is 14.7 Å². The first-order valence-corrected chi connectivity index (χ1v) is 38.0. The number of hydrogen-bond acceptors (Lipinski definition) is 4. The summed E-state index contributed by atoms with van der Waals surface area (Å²) in [5.41, 5.74) is 0. The molecule has 81 heavy (non-hydrogen) atoms. The zero-order valence-electron chi connectivity index (χ0n) is 56.0. The van der Waals surface area contributed by atoms with Crippen LogP contribution in [0.2, 0.25) is 0 Å². The molecule has 0 aromatic rings. The van der Waals surface area contributed by atoms with Gasteiger partial charge < -0.3 is 14.6 Å². The first-order chi connectivity index (χ1) is 40.0. The van der Waals surface area contributed by atoms with Crippen LogP contribution in [0, 0.1) is 0 Å². The van der Waals surface area contributed by atoms with Gasteiger partial charge in [0.15, 0.2) is 6.10 Å². The SMILES string of the molecule is CCCCCCCCCCCCCCCCCCCCCCCCCCCCCCOC(CCCCCCCCCCCCCCCCCCCCCCCCCCC(C)OC(=O)CCCCCCCCCCCCCCC)C(=O)O. The molecule has 5 heteroatoms. The van der Waals surface area contributed by atoms with E-state index in [1.807, 2.05) is 0 Å². The summed E-state index contributed by atoms with van der Waals surface area (Å²) in [6.45, 7) is 7.27. The molecule has 0 rings (SSSR count). The Morgan fingerprint density at radius 3 is 0.704 bits per heavy atom. The van der Waals surface area contributed by atoms with E-state index in [1.165, 1.54) is 392 Å². The van der Waals surface area contributed by atoms with E-state index in [-0.39, 0.29) is 12.1 Å². The lowest BCUT2D eigenvalue weighted by molar-refractivity contribution is -0.151. The zero-order chi connectivity index (χ0) is 58.5. The minimum atomic E-state index is -0.774. The normalized spacial score (nSPS) is 12.4. The van der Waals surface area contributed by atoms with E-state index in [4.69, 9.17) is 9.47 Å². The van der Waals surface area contributed by atoms with Crippen molar-refractivity contribution in [3.63, 3.8) is 0 Å². The van der Waals surface area contributed by atoms with Crippen molar-refractivity contribution < 1.29 is 24.2 Å². The Morgan fingerprint density at radius 2 is 0.469 bits per heavy atom. The molecule has 2 unspecified atom stereocenters. The van der Waals surface area contributed by atoms with Gasteiger partial charge in [0.25, 0.3) is 0 Å². The van der Waals surface area contributed by atoms with Gasteiger partial charge in [-0.1, -0.05) is 412 Å². The standard InChI is InChI=1S/C76H150O5/c1-4-6-8-10-12-14-16-18-19-20-21-22-23-24-25-26-29-32-35-38-41-44-48-52-56-60-64-68-72-80-74(76(78)79)70-66-62-58-54-50-47-43-40-37-34-31-28-27-30-33-36-39-42-46-49-53-57-61-65-69-73(3)81-75(77)71-67-63-59-55-51-45-17-15-13-11-9-7-5-2/h73-74H,4-72H2,1-3H3,(H,78,79). The van der Waals surface area contributed by atoms with Crippen LogP contribution in [0.3, 0.4) is 0 Å². The lowest BCUT2D eigenvalue weighted by Crippen LogP contribution is -2.24. The van der Waals surface area contributed by atoms with Crippen molar-refractivity contribution in [2.24, 2.45) is 0 Å². The molecule has 0 amide bonds. The van der Waals surface area contributed by atoms with Crippen LogP contribution < -0.4 is 0 Å². The number of unbranched alkanes of at least 4 members (excludes halogenated alkanes) is 62. The minimum absolute atomic E-state index is 0.0198. The first-order valence-electron chi connectivity index (χ1n) is 38.0. The van der Waals surface area contributed by atoms with Crippen LogP contribution >= 0.6 is 0 Å². The topological polar surface area (TPSA) is 72.8 Å². The van der Waals surface area contributed by atoms with Crippen LogP contribution in [0.15, 0.2) is 0 Å². The van der Waals surface area contributed by atoms with Gasteiger partial charge in [0, 0.05) is 13.0 Å². The molecule has 2 atom stereocenters. The Hall–Kier alpha value is -1.10. The second kappa shape index (κ2) is 71.4. The van der Waals surface area contributed by atoms with Gasteiger partial charge in [0.05, 0.1) is 6.10 Å². The highest BCUT2D eigenvalue weighted by atomic mass is 16.5. The van der Waals surface area contributed by atoms with Gasteiger partial charge >= 0.3 is 11.9 Å². The predicted octanol–water partition coefficient (Wildman–Crippen LogP) is 27.0. The summed E-state index contributed by atoms with van der Waals surface area (Å²) >= 11 is 0. The van der Waals surface area contributed by atoms with Gasteiger partial charge in [-0.3, -0.25) is 4.79 Å². The molecule has 0 fully saturated rings. The van der Waals surface area contributed by atoms with Gasteiger partial charge in [-0.05, 0) is 39.0 Å². The van der Waals surface area contributed by atoms with Crippen molar-refractivity contribution in [3.8, 4) is 0 Å². The van der Waals surface area contributed by atoms with E-state index in [0.29, 0.717) is 19.4 Å². The number of carbonyl (C=O) groups is 2. The molecule has 0 bridgehead atoms. The van der Waals surface area contributed by atoms with E-state index >= 15 is 0 Å². The average molecular weight is 1140 g/mol. The van der Waals surface area contributed by atoms with E-state index in [1.54, 1.807) is 0 Å². The number of aliphatic carboxylic acids is 1. The van der Waals surface area contributed by atoms with E-state index in [2.05, 4.69) is 20.8 Å². The number of esters is 1. The van der Waals surface area contributed by atoms with Gasteiger partial charge in [0.2, 0.25) is 0 Å². The quantitative estimate of drug-likeness (QED) is 0.0485. The summed E-state index contributed by atoms with van der Waals surface area (Å²) in [6, 6.07) is 0. The summed E-state index contributed by atoms with van der Waals surface area (Å²) in [4.78, 5) is 24.1. The summed E-state index contributed by atoms with van der Waals surface area (Å²) in [7, 11) is 0. The van der Waals surface area contributed by atoms with Crippen LogP contribution in [0.25, 0.3) is 0 Å². The second-order valence-electron chi connectivity index (χ2n) is 26.6. The smallest absolute Gasteiger partial charge is 0.332 e. The second-order valence-corrected chi connectivity index (χ2v) is 26.6. The average Bonchev–Trinajstić information content (AvgIpc) is 3.46. The molecule has 0 saturated carbocycles. The number of carboxylic acid groups (broad SMARTS) is 1. The summed E-state index contributed by atoms with van der Waals surface area (Å²) in [5, 5.41) is 9.70. The van der Waals surface area contributed by atoms with Crippen LogP contribution in [0.4, 0.5) is 0 Å². The highest BCUT2D eigenvalue weighted by Gasteiger charge is 2.17.